The van der Waals surface area contributed by atoms with Crippen molar-refractivity contribution in [2.24, 2.45) is 7.05 Å². The SMILES string of the molecule is C=CC(=O)NCC(NC(=O)c1cc(C)nn1C)c1ccc2ccccc2c1. The zero-order valence-corrected chi connectivity index (χ0v) is 15.4. The lowest BCUT2D eigenvalue weighted by Gasteiger charge is -2.20. The molecule has 6 heteroatoms. The smallest absolute Gasteiger partial charge is 0.270 e. The molecule has 1 aromatic heterocycles. The Kier molecular flexibility index (Phi) is 5.35. The minimum Gasteiger partial charge on any atom is -0.350 e. The minimum absolute atomic E-state index is 0.246. The molecule has 0 saturated heterocycles. The molecule has 3 rings (SSSR count). The Morgan fingerprint density at radius 3 is 2.59 bits per heavy atom. The second-order valence-electron chi connectivity index (χ2n) is 6.38. The lowest BCUT2D eigenvalue weighted by atomic mass is 10.0. The van der Waals surface area contributed by atoms with Crippen molar-refractivity contribution in [1.29, 1.82) is 0 Å². The number of rotatable bonds is 6. The number of aromatic nitrogens is 2. The zero-order valence-electron chi connectivity index (χ0n) is 15.4. The molecule has 0 spiro atoms. The predicted molar refractivity (Wildman–Crippen MR) is 105 cm³/mol. The van der Waals surface area contributed by atoms with E-state index in [1.54, 1.807) is 17.8 Å². The van der Waals surface area contributed by atoms with Gasteiger partial charge in [-0.05, 0) is 41.5 Å². The van der Waals surface area contributed by atoms with Crippen LogP contribution >= 0.6 is 0 Å². The molecule has 1 unspecified atom stereocenters. The molecule has 0 radical (unpaired) electrons. The van der Waals surface area contributed by atoms with E-state index in [1.165, 1.54) is 6.08 Å². The summed E-state index contributed by atoms with van der Waals surface area (Å²) in [6.07, 6.45) is 1.21. The van der Waals surface area contributed by atoms with Crippen LogP contribution in [0.4, 0.5) is 0 Å². The topological polar surface area (TPSA) is 76.0 Å². The van der Waals surface area contributed by atoms with Gasteiger partial charge in [-0.1, -0.05) is 43.0 Å². The molecule has 2 aromatic carbocycles. The molecule has 0 fully saturated rings. The second kappa shape index (κ2) is 7.86. The number of carbonyl (C=O) groups excluding carboxylic acids is 2. The Hall–Kier alpha value is -3.41. The quantitative estimate of drug-likeness (QED) is 0.662. The first-order chi connectivity index (χ1) is 13.0. The van der Waals surface area contributed by atoms with Gasteiger partial charge >= 0.3 is 0 Å². The van der Waals surface area contributed by atoms with Crippen molar-refractivity contribution in [3.8, 4) is 0 Å². The summed E-state index contributed by atoms with van der Waals surface area (Å²) in [6, 6.07) is 15.3. The van der Waals surface area contributed by atoms with E-state index in [9.17, 15) is 9.59 Å². The molecule has 3 aromatic rings. The van der Waals surface area contributed by atoms with Gasteiger partial charge in [-0.2, -0.15) is 5.10 Å². The molecule has 0 aliphatic heterocycles. The van der Waals surface area contributed by atoms with Crippen LogP contribution in [0.1, 0.15) is 27.8 Å². The molecular formula is C21H22N4O2. The molecule has 1 heterocycles. The third-order valence-corrected chi connectivity index (χ3v) is 4.38. The standard InChI is InChI=1S/C21H22N4O2/c1-4-20(26)22-13-18(23-21(27)19-11-14(2)24-25(19)3)17-10-9-15-7-5-6-8-16(15)12-17/h4-12,18H,1,13H2,2-3H3,(H,22,26)(H,23,27). The third kappa shape index (κ3) is 4.23. The summed E-state index contributed by atoms with van der Waals surface area (Å²) in [5.74, 6) is -0.532. The molecule has 27 heavy (non-hydrogen) atoms. The van der Waals surface area contributed by atoms with Gasteiger partial charge in [-0.25, -0.2) is 0 Å². The number of carbonyl (C=O) groups is 2. The fourth-order valence-corrected chi connectivity index (χ4v) is 3.01. The number of aryl methyl sites for hydroxylation is 2. The molecule has 2 N–H and O–H groups in total. The Bertz CT molecular complexity index is 1010. The van der Waals surface area contributed by atoms with Crippen LogP contribution in [0, 0.1) is 6.92 Å². The molecular weight excluding hydrogens is 340 g/mol. The van der Waals surface area contributed by atoms with Crippen LogP contribution in [0.5, 0.6) is 0 Å². The average molecular weight is 362 g/mol. The van der Waals surface area contributed by atoms with Gasteiger partial charge in [0.25, 0.3) is 5.91 Å². The van der Waals surface area contributed by atoms with Crippen molar-refractivity contribution >= 4 is 22.6 Å². The lowest BCUT2D eigenvalue weighted by molar-refractivity contribution is -0.116. The van der Waals surface area contributed by atoms with Crippen LogP contribution in [0.2, 0.25) is 0 Å². The molecule has 6 nitrogen and oxygen atoms in total. The number of benzene rings is 2. The summed E-state index contributed by atoms with van der Waals surface area (Å²) in [6.45, 7) is 5.56. The highest BCUT2D eigenvalue weighted by Gasteiger charge is 2.19. The summed E-state index contributed by atoms with van der Waals surface area (Å²) in [4.78, 5) is 24.4. The van der Waals surface area contributed by atoms with Crippen LogP contribution in [0.3, 0.4) is 0 Å². The summed E-state index contributed by atoms with van der Waals surface area (Å²) in [5.41, 5.74) is 2.14. The van der Waals surface area contributed by atoms with Gasteiger partial charge in [-0.15, -0.1) is 0 Å². The van der Waals surface area contributed by atoms with E-state index in [1.807, 2.05) is 49.4 Å². The maximum Gasteiger partial charge on any atom is 0.270 e. The predicted octanol–water partition coefficient (Wildman–Crippen LogP) is 2.66. The highest BCUT2D eigenvalue weighted by molar-refractivity contribution is 5.93. The maximum atomic E-state index is 12.7. The van der Waals surface area contributed by atoms with Gasteiger partial charge in [0.1, 0.15) is 5.69 Å². The van der Waals surface area contributed by atoms with Crippen LogP contribution in [-0.4, -0.2) is 28.1 Å². The normalized spacial score (nSPS) is 11.8. The Balaban J connectivity index is 1.89. The van der Waals surface area contributed by atoms with Gasteiger partial charge in [0.05, 0.1) is 11.7 Å². The van der Waals surface area contributed by atoms with E-state index in [4.69, 9.17) is 0 Å². The molecule has 0 bridgehead atoms. The van der Waals surface area contributed by atoms with E-state index in [0.29, 0.717) is 5.69 Å². The summed E-state index contributed by atoms with van der Waals surface area (Å²) >= 11 is 0. The molecule has 0 saturated carbocycles. The van der Waals surface area contributed by atoms with Crippen molar-refractivity contribution in [1.82, 2.24) is 20.4 Å². The fraction of sp³-hybridized carbons (Fsp3) is 0.190. The molecule has 138 valence electrons. The molecule has 0 aliphatic rings. The summed E-state index contributed by atoms with van der Waals surface area (Å²) in [5, 5.41) is 12.2. The first kappa shape index (κ1) is 18.4. The Labute approximate surface area is 157 Å². The van der Waals surface area contributed by atoms with Gasteiger partial charge in [-0.3, -0.25) is 14.3 Å². The minimum atomic E-state index is -0.388. The number of hydrogen-bond acceptors (Lipinski definition) is 3. The Morgan fingerprint density at radius 2 is 1.93 bits per heavy atom. The van der Waals surface area contributed by atoms with E-state index >= 15 is 0 Å². The van der Waals surface area contributed by atoms with Gasteiger partial charge in [0.15, 0.2) is 0 Å². The van der Waals surface area contributed by atoms with E-state index in [2.05, 4.69) is 22.3 Å². The number of nitrogens with zero attached hydrogens (tertiary/aromatic N) is 2. The van der Waals surface area contributed by atoms with Crippen LogP contribution < -0.4 is 10.6 Å². The van der Waals surface area contributed by atoms with Crippen LogP contribution in [0.25, 0.3) is 10.8 Å². The zero-order chi connectivity index (χ0) is 19.4. The highest BCUT2D eigenvalue weighted by Crippen LogP contribution is 2.21. The van der Waals surface area contributed by atoms with Crippen LogP contribution in [0.15, 0.2) is 61.2 Å². The van der Waals surface area contributed by atoms with Crippen molar-refractivity contribution < 1.29 is 9.59 Å². The first-order valence-electron chi connectivity index (χ1n) is 8.68. The third-order valence-electron chi connectivity index (χ3n) is 4.38. The largest absolute Gasteiger partial charge is 0.350 e. The van der Waals surface area contributed by atoms with Crippen molar-refractivity contribution in [3.05, 3.63) is 78.1 Å². The maximum absolute atomic E-state index is 12.7. The number of nitrogens with one attached hydrogen (secondary N) is 2. The highest BCUT2D eigenvalue weighted by atomic mass is 16.2. The first-order valence-corrected chi connectivity index (χ1v) is 8.68. The van der Waals surface area contributed by atoms with Crippen LogP contribution in [-0.2, 0) is 11.8 Å². The van der Waals surface area contributed by atoms with E-state index in [0.717, 1.165) is 22.0 Å². The van der Waals surface area contributed by atoms with Gasteiger partial charge < -0.3 is 10.6 Å². The summed E-state index contributed by atoms with van der Waals surface area (Å²) < 4.78 is 1.55. The number of fused-ring (bicyclic) bond motifs is 1. The van der Waals surface area contributed by atoms with E-state index < -0.39 is 0 Å². The van der Waals surface area contributed by atoms with Gasteiger partial charge in [0, 0.05) is 13.6 Å². The van der Waals surface area contributed by atoms with Crippen molar-refractivity contribution in [3.63, 3.8) is 0 Å². The monoisotopic (exact) mass is 362 g/mol. The second-order valence-corrected chi connectivity index (χ2v) is 6.38. The molecule has 1 atom stereocenters. The Morgan fingerprint density at radius 1 is 1.19 bits per heavy atom. The van der Waals surface area contributed by atoms with Crippen molar-refractivity contribution in [2.75, 3.05) is 6.54 Å². The van der Waals surface area contributed by atoms with E-state index in [-0.39, 0.29) is 24.4 Å². The van der Waals surface area contributed by atoms with Gasteiger partial charge in [0.2, 0.25) is 5.91 Å². The van der Waals surface area contributed by atoms with Crippen molar-refractivity contribution in [2.45, 2.75) is 13.0 Å². The number of amides is 2. The lowest BCUT2D eigenvalue weighted by Crippen LogP contribution is -2.38. The number of hydrogen-bond donors (Lipinski definition) is 2. The fourth-order valence-electron chi connectivity index (χ4n) is 3.01. The molecule has 0 aliphatic carbocycles. The average Bonchev–Trinajstić information content (AvgIpc) is 3.02. The molecule has 2 amide bonds. The summed E-state index contributed by atoms with van der Waals surface area (Å²) in [7, 11) is 1.73.